The lowest BCUT2D eigenvalue weighted by Crippen LogP contribution is -2.52. The first-order valence-corrected chi connectivity index (χ1v) is 7.78. The molecule has 1 aliphatic rings. The highest BCUT2D eigenvalue weighted by atomic mass is 28.3. The molecule has 1 unspecified atom stereocenters. The normalized spacial score (nSPS) is 24.4. The summed E-state index contributed by atoms with van der Waals surface area (Å²) in [6.07, 6.45) is 4.15. The van der Waals surface area contributed by atoms with Crippen LogP contribution in [0.5, 0.6) is 0 Å². The predicted molar refractivity (Wildman–Crippen MR) is 51.2 cm³/mol. The molecule has 0 aliphatic heterocycles. The van der Waals surface area contributed by atoms with Crippen molar-refractivity contribution in [3.05, 3.63) is 12.7 Å². The SMILES string of the molecule is C=CC(O)(C1CC1)[Si](C)(C)C. The Morgan fingerprint density at radius 2 is 1.91 bits per heavy atom. The van der Waals surface area contributed by atoms with Crippen molar-refractivity contribution in [2.45, 2.75) is 37.7 Å². The average Bonchev–Trinajstić information content (AvgIpc) is 2.64. The monoisotopic (exact) mass is 170 g/mol. The molecule has 1 rings (SSSR count). The summed E-state index contributed by atoms with van der Waals surface area (Å²) in [5.41, 5.74) is 0. The zero-order chi connectivity index (χ0) is 8.70. The lowest BCUT2D eigenvalue weighted by atomic mass is 10.2. The van der Waals surface area contributed by atoms with E-state index in [-0.39, 0.29) is 0 Å². The topological polar surface area (TPSA) is 20.2 Å². The Bertz CT molecular complexity index is 167. The Hall–Kier alpha value is -0.0831. The van der Waals surface area contributed by atoms with Gasteiger partial charge in [-0.15, -0.1) is 6.58 Å². The van der Waals surface area contributed by atoms with Crippen LogP contribution in [0.2, 0.25) is 19.6 Å². The molecule has 0 saturated heterocycles. The van der Waals surface area contributed by atoms with Gasteiger partial charge in [0, 0.05) is 0 Å². The molecule has 1 aliphatic carbocycles. The highest BCUT2D eigenvalue weighted by molar-refractivity contribution is 6.79. The van der Waals surface area contributed by atoms with E-state index in [1.807, 2.05) is 0 Å². The Labute approximate surface area is 70.1 Å². The van der Waals surface area contributed by atoms with E-state index in [1.54, 1.807) is 6.08 Å². The van der Waals surface area contributed by atoms with Crippen molar-refractivity contribution in [1.29, 1.82) is 0 Å². The molecule has 1 atom stereocenters. The quantitative estimate of drug-likeness (QED) is 0.508. The van der Waals surface area contributed by atoms with E-state index >= 15 is 0 Å². The van der Waals surface area contributed by atoms with Gasteiger partial charge in [0.05, 0.1) is 13.3 Å². The van der Waals surface area contributed by atoms with Crippen LogP contribution >= 0.6 is 0 Å². The molecule has 11 heavy (non-hydrogen) atoms. The predicted octanol–water partition coefficient (Wildman–Crippen LogP) is 2.19. The Kier molecular flexibility index (Phi) is 2.01. The molecule has 0 bridgehead atoms. The smallest absolute Gasteiger partial charge is 0.0873 e. The summed E-state index contributed by atoms with van der Waals surface area (Å²) < 4.78 is 0. The van der Waals surface area contributed by atoms with Gasteiger partial charge in [0.15, 0.2) is 0 Å². The lowest BCUT2D eigenvalue weighted by Gasteiger charge is -2.36. The molecular formula is C9H18OSi. The Balaban J connectivity index is 2.81. The molecule has 1 saturated carbocycles. The van der Waals surface area contributed by atoms with Crippen molar-refractivity contribution < 1.29 is 5.11 Å². The van der Waals surface area contributed by atoms with Gasteiger partial charge in [-0.1, -0.05) is 25.7 Å². The number of hydrogen-bond donors (Lipinski definition) is 1. The second kappa shape index (κ2) is 2.46. The number of hydrogen-bond acceptors (Lipinski definition) is 1. The third-order valence-corrected chi connectivity index (χ3v) is 5.73. The summed E-state index contributed by atoms with van der Waals surface area (Å²) in [6, 6.07) is 0. The fraction of sp³-hybridized carbons (Fsp3) is 0.778. The lowest BCUT2D eigenvalue weighted by molar-refractivity contribution is 0.142. The summed E-state index contributed by atoms with van der Waals surface area (Å²) in [7, 11) is -1.47. The van der Waals surface area contributed by atoms with Crippen LogP contribution in [-0.2, 0) is 0 Å². The van der Waals surface area contributed by atoms with Gasteiger partial charge in [-0.25, -0.2) is 0 Å². The molecule has 0 amide bonds. The number of aliphatic hydroxyl groups is 1. The van der Waals surface area contributed by atoms with Gasteiger partial charge < -0.3 is 5.11 Å². The highest BCUT2D eigenvalue weighted by Crippen LogP contribution is 2.44. The van der Waals surface area contributed by atoms with Gasteiger partial charge in [-0.05, 0) is 18.8 Å². The largest absolute Gasteiger partial charge is 0.389 e. The zero-order valence-electron chi connectivity index (χ0n) is 7.72. The molecule has 2 heteroatoms. The summed E-state index contributed by atoms with van der Waals surface area (Å²) in [4.78, 5) is 0. The van der Waals surface area contributed by atoms with Gasteiger partial charge in [0.2, 0.25) is 0 Å². The van der Waals surface area contributed by atoms with E-state index in [9.17, 15) is 5.11 Å². The maximum atomic E-state index is 10.2. The van der Waals surface area contributed by atoms with Crippen LogP contribution in [-0.4, -0.2) is 18.4 Å². The minimum absolute atomic E-state index is 0.507. The van der Waals surface area contributed by atoms with E-state index < -0.39 is 13.3 Å². The van der Waals surface area contributed by atoms with Crippen LogP contribution in [0.3, 0.4) is 0 Å². The van der Waals surface area contributed by atoms with Crippen LogP contribution in [0.15, 0.2) is 12.7 Å². The molecule has 1 nitrogen and oxygen atoms in total. The molecule has 0 spiro atoms. The molecule has 0 radical (unpaired) electrons. The minimum Gasteiger partial charge on any atom is -0.389 e. The van der Waals surface area contributed by atoms with Crippen molar-refractivity contribution in [1.82, 2.24) is 0 Å². The molecule has 0 heterocycles. The van der Waals surface area contributed by atoms with Crippen molar-refractivity contribution in [3.63, 3.8) is 0 Å². The van der Waals surface area contributed by atoms with Crippen molar-refractivity contribution in [2.24, 2.45) is 5.92 Å². The van der Waals surface area contributed by atoms with E-state index in [0.717, 1.165) is 0 Å². The van der Waals surface area contributed by atoms with E-state index in [0.29, 0.717) is 5.92 Å². The standard InChI is InChI=1S/C9H18OSi/c1-5-9(10,8-6-7-8)11(2,3)4/h5,8,10H,1,6-7H2,2-4H3. The summed E-state index contributed by atoms with van der Waals surface area (Å²) in [5, 5.41) is 9.73. The summed E-state index contributed by atoms with van der Waals surface area (Å²) in [5.74, 6) is 0.520. The van der Waals surface area contributed by atoms with Crippen molar-refractivity contribution >= 4 is 8.07 Å². The third-order valence-electron chi connectivity index (χ3n) is 2.71. The van der Waals surface area contributed by atoms with Crippen LogP contribution in [0, 0.1) is 5.92 Å². The molecule has 0 aromatic carbocycles. The maximum absolute atomic E-state index is 10.2. The molecular weight excluding hydrogens is 152 g/mol. The van der Waals surface area contributed by atoms with Gasteiger partial charge in [0.25, 0.3) is 0 Å². The first kappa shape index (κ1) is 9.01. The van der Waals surface area contributed by atoms with E-state index in [1.165, 1.54) is 12.8 Å². The van der Waals surface area contributed by atoms with Crippen LogP contribution in [0.1, 0.15) is 12.8 Å². The second-order valence-corrected chi connectivity index (χ2v) is 9.85. The first-order valence-electron chi connectivity index (χ1n) is 4.28. The summed E-state index contributed by atoms with van der Waals surface area (Å²) >= 11 is 0. The van der Waals surface area contributed by atoms with Crippen molar-refractivity contribution in [3.8, 4) is 0 Å². The molecule has 0 aromatic heterocycles. The van der Waals surface area contributed by atoms with Crippen LogP contribution < -0.4 is 0 Å². The summed E-state index contributed by atoms with van der Waals surface area (Å²) in [6.45, 7) is 10.3. The van der Waals surface area contributed by atoms with Gasteiger partial charge in [0.1, 0.15) is 0 Å². The average molecular weight is 170 g/mol. The molecule has 64 valence electrons. The second-order valence-electron chi connectivity index (χ2n) is 4.55. The molecule has 1 fully saturated rings. The zero-order valence-corrected chi connectivity index (χ0v) is 8.72. The number of rotatable bonds is 3. The van der Waals surface area contributed by atoms with Crippen LogP contribution in [0.4, 0.5) is 0 Å². The Morgan fingerprint density at radius 3 is 2.00 bits per heavy atom. The highest BCUT2D eigenvalue weighted by Gasteiger charge is 2.50. The van der Waals surface area contributed by atoms with E-state index in [2.05, 4.69) is 26.2 Å². The minimum atomic E-state index is -1.47. The fourth-order valence-corrected chi connectivity index (χ4v) is 3.73. The van der Waals surface area contributed by atoms with Crippen molar-refractivity contribution in [2.75, 3.05) is 0 Å². The Morgan fingerprint density at radius 1 is 1.45 bits per heavy atom. The first-order chi connectivity index (χ1) is 4.92. The fourth-order valence-electron chi connectivity index (χ4n) is 1.61. The maximum Gasteiger partial charge on any atom is 0.0873 e. The van der Waals surface area contributed by atoms with Gasteiger partial charge in [-0.3, -0.25) is 0 Å². The van der Waals surface area contributed by atoms with Gasteiger partial charge >= 0.3 is 0 Å². The van der Waals surface area contributed by atoms with E-state index in [4.69, 9.17) is 0 Å². The molecule has 1 N–H and O–H groups in total. The molecule has 0 aromatic rings. The van der Waals surface area contributed by atoms with Gasteiger partial charge in [-0.2, -0.15) is 0 Å². The third kappa shape index (κ3) is 1.42. The van der Waals surface area contributed by atoms with Crippen LogP contribution in [0.25, 0.3) is 0 Å².